The molecule has 1 N–H and O–H groups in total. The number of rotatable bonds is 3. The summed E-state index contributed by atoms with van der Waals surface area (Å²) in [5.74, 6) is 0.0554. The molecule has 1 fully saturated rings. The largest absolute Gasteiger partial charge is 0.314 e. The first-order valence-corrected chi connectivity index (χ1v) is 7.29. The van der Waals surface area contributed by atoms with Crippen molar-refractivity contribution in [1.29, 1.82) is 0 Å². The van der Waals surface area contributed by atoms with E-state index in [2.05, 4.69) is 10.3 Å². The van der Waals surface area contributed by atoms with Crippen molar-refractivity contribution in [3.8, 4) is 0 Å². The van der Waals surface area contributed by atoms with Crippen LogP contribution >= 0.6 is 0 Å². The molecule has 0 amide bonds. The monoisotopic (exact) mass is 255 g/mol. The Morgan fingerprint density at radius 1 is 1.47 bits per heavy atom. The van der Waals surface area contributed by atoms with Crippen molar-refractivity contribution >= 4 is 10.0 Å². The Kier molecular flexibility index (Phi) is 3.76. The average Bonchev–Trinajstić information content (AvgIpc) is 2.30. The Bertz CT molecular complexity index is 461. The molecule has 0 unspecified atom stereocenters. The van der Waals surface area contributed by atoms with E-state index in [1.54, 1.807) is 28.8 Å². The van der Waals surface area contributed by atoms with E-state index < -0.39 is 10.0 Å². The van der Waals surface area contributed by atoms with E-state index >= 15 is 0 Å². The summed E-state index contributed by atoms with van der Waals surface area (Å²) in [7, 11) is -3.22. The number of piperazine rings is 1. The smallest absolute Gasteiger partial charge is 0.218 e. The molecule has 0 spiro atoms. The number of sulfonamides is 1. The van der Waals surface area contributed by atoms with Gasteiger partial charge in [0.05, 0.1) is 5.75 Å². The second kappa shape index (κ2) is 5.12. The van der Waals surface area contributed by atoms with Crippen molar-refractivity contribution in [2.45, 2.75) is 18.7 Å². The van der Waals surface area contributed by atoms with E-state index in [1.807, 2.05) is 6.92 Å². The Morgan fingerprint density at radius 2 is 2.18 bits per heavy atom. The Morgan fingerprint density at radius 3 is 2.82 bits per heavy atom. The first-order valence-electron chi connectivity index (χ1n) is 5.69. The molecule has 5 nitrogen and oxygen atoms in total. The van der Waals surface area contributed by atoms with E-state index in [-0.39, 0.29) is 11.8 Å². The highest BCUT2D eigenvalue weighted by Crippen LogP contribution is 2.14. The van der Waals surface area contributed by atoms with Crippen molar-refractivity contribution in [2.24, 2.45) is 0 Å². The molecule has 17 heavy (non-hydrogen) atoms. The van der Waals surface area contributed by atoms with Gasteiger partial charge < -0.3 is 5.32 Å². The van der Waals surface area contributed by atoms with Gasteiger partial charge in [0, 0.05) is 38.1 Å². The molecular weight excluding hydrogens is 238 g/mol. The highest BCUT2D eigenvalue weighted by atomic mass is 32.2. The molecule has 0 aromatic carbocycles. The van der Waals surface area contributed by atoms with Crippen LogP contribution in [0.2, 0.25) is 0 Å². The van der Waals surface area contributed by atoms with Crippen LogP contribution in [0.3, 0.4) is 0 Å². The van der Waals surface area contributed by atoms with Gasteiger partial charge in [-0.2, -0.15) is 4.31 Å². The second-order valence-corrected chi connectivity index (χ2v) is 6.20. The molecule has 1 atom stereocenters. The van der Waals surface area contributed by atoms with Crippen molar-refractivity contribution in [3.63, 3.8) is 0 Å². The van der Waals surface area contributed by atoms with Gasteiger partial charge in [0.15, 0.2) is 0 Å². The molecule has 94 valence electrons. The number of hydrogen-bond donors (Lipinski definition) is 1. The molecular formula is C11H17N3O2S. The summed E-state index contributed by atoms with van der Waals surface area (Å²) < 4.78 is 26.1. The Labute approximate surface area is 102 Å². The van der Waals surface area contributed by atoms with E-state index in [0.29, 0.717) is 6.54 Å². The minimum atomic E-state index is -3.22. The van der Waals surface area contributed by atoms with Crippen LogP contribution in [-0.4, -0.2) is 43.4 Å². The van der Waals surface area contributed by atoms with Gasteiger partial charge in [0.2, 0.25) is 10.0 Å². The molecule has 0 aliphatic carbocycles. The Balaban J connectivity index is 2.13. The van der Waals surface area contributed by atoms with Crippen molar-refractivity contribution in [1.82, 2.24) is 14.6 Å². The molecule has 1 aliphatic rings. The standard InChI is InChI=1S/C11H17N3O2S/c1-10-8-13-6-7-14(10)17(15,16)9-11-2-4-12-5-3-11/h2-5,10,13H,6-9H2,1H3/t10-/m0/s1. The van der Waals surface area contributed by atoms with Crippen LogP contribution in [0.15, 0.2) is 24.5 Å². The number of aromatic nitrogens is 1. The SMILES string of the molecule is C[C@H]1CNCCN1S(=O)(=O)Cc1ccncc1. The average molecular weight is 255 g/mol. The maximum atomic E-state index is 12.2. The van der Waals surface area contributed by atoms with Crippen LogP contribution < -0.4 is 5.32 Å². The first kappa shape index (κ1) is 12.5. The fourth-order valence-corrected chi connectivity index (χ4v) is 3.78. The number of hydrogen-bond acceptors (Lipinski definition) is 4. The summed E-state index contributed by atoms with van der Waals surface area (Å²) in [5.41, 5.74) is 0.783. The van der Waals surface area contributed by atoms with Crippen LogP contribution in [0.4, 0.5) is 0 Å². The van der Waals surface area contributed by atoms with Crippen LogP contribution in [0.1, 0.15) is 12.5 Å². The second-order valence-electron chi connectivity index (χ2n) is 4.28. The van der Waals surface area contributed by atoms with Gasteiger partial charge in [0.25, 0.3) is 0 Å². The van der Waals surface area contributed by atoms with Crippen molar-refractivity contribution < 1.29 is 8.42 Å². The van der Waals surface area contributed by atoms with Crippen molar-refractivity contribution in [2.75, 3.05) is 19.6 Å². The topological polar surface area (TPSA) is 62.3 Å². The molecule has 0 saturated carbocycles. The predicted molar refractivity (Wildman–Crippen MR) is 65.9 cm³/mol. The van der Waals surface area contributed by atoms with Gasteiger partial charge in [-0.1, -0.05) is 0 Å². The lowest BCUT2D eigenvalue weighted by molar-refractivity contribution is 0.283. The summed E-state index contributed by atoms with van der Waals surface area (Å²) in [5, 5.41) is 3.18. The highest BCUT2D eigenvalue weighted by molar-refractivity contribution is 7.88. The van der Waals surface area contributed by atoms with Gasteiger partial charge in [-0.15, -0.1) is 0 Å². The van der Waals surface area contributed by atoms with Crippen LogP contribution in [0.5, 0.6) is 0 Å². The third-order valence-corrected chi connectivity index (χ3v) is 4.85. The quantitative estimate of drug-likeness (QED) is 0.838. The summed E-state index contributed by atoms with van der Waals surface area (Å²) >= 11 is 0. The summed E-state index contributed by atoms with van der Waals surface area (Å²) in [6.07, 6.45) is 3.23. The van der Waals surface area contributed by atoms with Gasteiger partial charge in [-0.05, 0) is 24.6 Å². The zero-order valence-electron chi connectivity index (χ0n) is 9.83. The normalized spacial score (nSPS) is 22.5. The molecule has 1 aliphatic heterocycles. The van der Waals surface area contributed by atoms with E-state index in [9.17, 15) is 8.42 Å². The van der Waals surface area contributed by atoms with E-state index in [0.717, 1.165) is 18.7 Å². The zero-order valence-corrected chi connectivity index (χ0v) is 10.7. The Hall–Kier alpha value is -0.980. The molecule has 0 bridgehead atoms. The third kappa shape index (κ3) is 3.02. The van der Waals surface area contributed by atoms with Crippen LogP contribution in [0, 0.1) is 0 Å². The molecule has 1 aromatic rings. The summed E-state index contributed by atoms with van der Waals surface area (Å²) in [6.45, 7) is 3.92. The minimum Gasteiger partial charge on any atom is -0.314 e. The van der Waals surface area contributed by atoms with Gasteiger partial charge in [0.1, 0.15) is 0 Å². The molecule has 2 heterocycles. The van der Waals surface area contributed by atoms with Gasteiger partial charge >= 0.3 is 0 Å². The number of nitrogens with one attached hydrogen (secondary N) is 1. The zero-order chi connectivity index (χ0) is 12.3. The summed E-state index contributed by atoms with van der Waals surface area (Å²) in [6, 6.07) is 3.50. The predicted octanol–water partition coefficient (Wildman–Crippen LogP) is 0.205. The molecule has 2 rings (SSSR count). The van der Waals surface area contributed by atoms with Gasteiger partial charge in [-0.3, -0.25) is 4.98 Å². The molecule has 6 heteroatoms. The lowest BCUT2D eigenvalue weighted by Crippen LogP contribution is -2.52. The lowest BCUT2D eigenvalue weighted by atomic mass is 10.3. The summed E-state index contributed by atoms with van der Waals surface area (Å²) in [4.78, 5) is 3.88. The maximum absolute atomic E-state index is 12.2. The third-order valence-electron chi connectivity index (χ3n) is 2.90. The molecule has 1 aromatic heterocycles. The van der Waals surface area contributed by atoms with E-state index in [1.165, 1.54) is 0 Å². The van der Waals surface area contributed by atoms with Crippen LogP contribution in [0.25, 0.3) is 0 Å². The lowest BCUT2D eigenvalue weighted by Gasteiger charge is -2.32. The van der Waals surface area contributed by atoms with E-state index in [4.69, 9.17) is 0 Å². The molecule has 1 saturated heterocycles. The fourth-order valence-electron chi connectivity index (χ4n) is 2.01. The number of pyridine rings is 1. The number of nitrogens with zero attached hydrogens (tertiary/aromatic N) is 2. The first-order chi connectivity index (χ1) is 8.09. The highest BCUT2D eigenvalue weighted by Gasteiger charge is 2.29. The minimum absolute atomic E-state index is 0.0237. The van der Waals surface area contributed by atoms with Gasteiger partial charge in [-0.25, -0.2) is 8.42 Å². The van der Waals surface area contributed by atoms with Crippen molar-refractivity contribution in [3.05, 3.63) is 30.1 Å². The maximum Gasteiger partial charge on any atom is 0.218 e. The molecule has 0 radical (unpaired) electrons. The fraction of sp³-hybridized carbons (Fsp3) is 0.545. The van der Waals surface area contributed by atoms with Crippen LogP contribution in [-0.2, 0) is 15.8 Å².